The lowest BCUT2D eigenvalue weighted by atomic mass is 10.2. The van der Waals surface area contributed by atoms with Gasteiger partial charge in [-0.3, -0.25) is 9.69 Å². The van der Waals surface area contributed by atoms with Gasteiger partial charge in [0.15, 0.2) is 0 Å². The highest BCUT2D eigenvalue weighted by molar-refractivity contribution is 7.21. The molecule has 6 heteroatoms. The fourth-order valence-corrected chi connectivity index (χ4v) is 3.79. The SMILES string of the molecule is CCCN(CCO)Cc1nc2sc(-c3ccccc3)cc2c(=O)[nH]1. The molecular weight excluding hydrogens is 322 g/mol. The highest BCUT2D eigenvalue weighted by Crippen LogP contribution is 2.30. The number of aliphatic hydroxyl groups excluding tert-OH is 1. The van der Waals surface area contributed by atoms with E-state index in [1.807, 2.05) is 36.4 Å². The molecule has 0 fully saturated rings. The molecule has 2 aromatic heterocycles. The molecule has 3 rings (SSSR count). The van der Waals surface area contributed by atoms with Crippen LogP contribution in [0, 0.1) is 0 Å². The topological polar surface area (TPSA) is 69.2 Å². The molecule has 0 atom stereocenters. The number of aromatic amines is 1. The Kier molecular flexibility index (Phi) is 5.40. The number of hydrogen-bond donors (Lipinski definition) is 2. The van der Waals surface area contributed by atoms with E-state index < -0.39 is 0 Å². The molecule has 0 unspecified atom stereocenters. The molecule has 0 radical (unpaired) electrons. The molecule has 126 valence electrons. The van der Waals surface area contributed by atoms with Crippen molar-refractivity contribution in [2.24, 2.45) is 0 Å². The van der Waals surface area contributed by atoms with Gasteiger partial charge < -0.3 is 10.1 Å². The monoisotopic (exact) mass is 343 g/mol. The summed E-state index contributed by atoms with van der Waals surface area (Å²) < 4.78 is 0. The summed E-state index contributed by atoms with van der Waals surface area (Å²) in [5.41, 5.74) is 0.989. The Hall–Kier alpha value is -2.02. The van der Waals surface area contributed by atoms with Crippen molar-refractivity contribution in [3.8, 4) is 10.4 Å². The predicted octanol–water partition coefficient (Wildman–Crippen LogP) is 2.86. The third kappa shape index (κ3) is 3.72. The summed E-state index contributed by atoms with van der Waals surface area (Å²) >= 11 is 1.53. The van der Waals surface area contributed by atoms with Crippen LogP contribution in [0.25, 0.3) is 20.7 Å². The largest absolute Gasteiger partial charge is 0.395 e. The first-order valence-electron chi connectivity index (χ1n) is 8.12. The summed E-state index contributed by atoms with van der Waals surface area (Å²) in [7, 11) is 0. The Morgan fingerprint density at radius 1 is 1.25 bits per heavy atom. The Balaban J connectivity index is 1.93. The van der Waals surface area contributed by atoms with E-state index in [9.17, 15) is 4.79 Å². The van der Waals surface area contributed by atoms with Crippen LogP contribution in [-0.4, -0.2) is 39.7 Å². The van der Waals surface area contributed by atoms with Crippen LogP contribution in [-0.2, 0) is 6.54 Å². The minimum atomic E-state index is -0.103. The van der Waals surface area contributed by atoms with Crippen molar-refractivity contribution in [1.82, 2.24) is 14.9 Å². The standard InChI is InChI=1S/C18H21N3O2S/c1-2-8-21(9-10-22)12-16-19-17(23)14-11-15(24-18(14)20-16)13-6-4-3-5-7-13/h3-7,11,22H,2,8-10,12H2,1H3,(H,19,20,23). The Morgan fingerprint density at radius 2 is 2.04 bits per heavy atom. The smallest absolute Gasteiger partial charge is 0.259 e. The molecule has 0 aliphatic rings. The van der Waals surface area contributed by atoms with Crippen LogP contribution in [0.15, 0.2) is 41.2 Å². The molecule has 0 bridgehead atoms. The predicted molar refractivity (Wildman–Crippen MR) is 98.3 cm³/mol. The fraction of sp³-hybridized carbons (Fsp3) is 0.333. The normalized spacial score (nSPS) is 11.5. The molecule has 0 saturated heterocycles. The molecular formula is C18H21N3O2S. The zero-order valence-electron chi connectivity index (χ0n) is 13.7. The van der Waals surface area contributed by atoms with Gasteiger partial charge in [-0.25, -0.2) is 4.98 Å². The molecule has 0 saturated carbocycles. The van der Waals surface area contributed by atoms with Crippen LogP contribution in [0.3, 0.4) is 0 Å². The summed E-state index contributed by atoms with van der Waals surface area (Å²) in [6.07, 6.45) is 0.990. The highest BCUT2D eigenvalue weighted by Gasteiger charge is 2.12. The van der Waals surface area contributed by atoms with Crippen molar-refractivity contribution in [2.75, 3.05) is 19.7 Å². The number of aliphatic hydroxyl groups is 1. The third-order valence-electron chi connectivity index (χ3n) is 3.84. The van der Waals surface area contributed by atoms with Crippen molar-refractivity contribution in [2.45, 2.75) is 19.9 Å². The van der Waals surface area contributed by atoms with Gasteiger partial charge in [-0.1, -0.05) is 37.3 Å². The number of rotatable bonds is 7. The molecule has 5 nitrogen and oxygen atoms in total. The van der Waals surface area contributed by atoms with Crippen LogP contribution >= 0.6 is 11.3 Å². The summed E-state index contributed by atoms with van der Waals surface area (Å²) in [5, 5.41) is 9.80. The molecule has 0 aliphatic heterocycles. The van der Waals surface area contributed by atoms with Gasteiger partial charge in [0.25, 0.3) is 5.56 Å². The summed E-state index contributed by atoms with van der Waals surface area (Å²) in [6, 6.07) is 11.9. The van der Waals surface area contributed by atoms with Crippen molar-refractivity contribution >= 4 is 21.6 Å². The van der Waals surface area contributed by atoms with Crippen molar-refractivity contribution in [3.05, 3.63) is 52.6 Å². The first-order chi connectivity index (χ1) is 11.7. The van der Waals surface area contributed by atoms with E-state index in [2.05, 4.69) is 21.8 Å². The van der Waals surface area contributed by atoms with Gasteiger partial charge in [-0.2, -0.15) is 0 Å². The van der Waals surface area contributed by atoms with Gasteiger partial charge in [0, 0.05) is 11.4 Å². The van der Waals surface area contributed by atoms with E-state index in [1.165, 1.54) is 11.3 Å². The lowest BCUT2D eigenvalue weighted by Gasteiger charge is -2.19. The summed E-state index contributed by atoms with van der Waals surface area (Å²) in [6.45, 7) is 4.17. The summed E-state index contributed by atoms with van der Waals surface area (Å²) in [4.78, 5) is 23.8. The molecule has 1 aromatic carbocycles. The number of thiophene rings is 1. The van der Waals surface area contributed by atoms with Gasteiger partial charge >= 0.3 is 0 Å². The molecule has 2 heterocycles. The Bertz CT molecular complexity index is 852. The number of hydrogen-bond acceptors (Lipinski definition) is 5. The molecule has 0 aliphatic carbocycles. The van der Waals surface area contributed by atoms with Crippen LogP contribution in [0.2, 0.25) is 0 Å². The van der Waals surface area contributed by atoms with Crippen molar-refractivity contribution < 1.29 is 5.11 Å². The van der Waals surface area contributed by atoms with Crippen LogP contribution in [0.1, 0.15) is 19.2 Å². The van der Waals surface area contributed by atoms with Gasteiger partial charge in [0.2, 0.25) is 0 Å². The minimum Gasteiger partial charge on any atom is -0.395 e. The number of aromatic nitrogens is 2. The van der Waals surface area contributed by atoms with Gasteiger partial charge in [-0.05, 0) is 24.6 Å². The first-order valence-corrected chi connectivity index (χ1v) is 8.94. The number of nitrogens with one attached hydrogen (secondary N) is 1. The highest BCUT2D eigenvalue weighted by atomic mass is 32.1. The number of nitrogens with zero attached hydrogens (tertiary/aromatic N) is 2. The first kappa shape index (κ1) is 16.8. The second kappa shape index (κ2) is 7.70. The average Bonchev–Trinajstić information content (AvgIpc) is 3.01. The molecule has 0 amide bonds. The maximum Gasteiger partial charge on any atom is 0.259 e. The molecule has 24 heavy (non-hydrogen) atoms. The van der Waals surface area contributed by atoms with E-state index in [0.717, 1.165) is 28.2 Å². The summed E-state index contributed by atoms with van der Waals surface area (Å²) in [5.74, 6) is 0.649. The lowest BCUT2D eigenvalue weighted by molar-refractivity contribution is 0.187. The van der Waals surface area contributed by atoms with E-state index in [-0.39, 0.29) is 12.2 Å². The Morgan fingerprint density at radius 3 is 2.75 bits per heavy atom. The van der Waals surface area contributed by atoms with Crippen molar-refractivity contribution in [1.29, 1.82) is 0 Å². The zero-order valence-corrected chi connectivity index (χ0v) is 14.5. The number of fused-ring (bicyclic) bond motifs is 1. The van der Waals surface area contributed by atoms with Crippen LogP contribution in [0.4, 0.5) is 0 Å². The van der Waals surface area contributed by atoms with Crippen LogP contribution in [0.5, 0.6) is 0 Å². The van der Waals surface area contributed by atoms with E-state index in [4.69, 9.17) is 5.11 Å². The van der Waals surface area contributed by atoms with E-state index >= 15 is 0 Å². The maximum atomic E-state index is 12.4. The van der Waals surface area contributed by atoms with Crippen LogP contribution < -0.4 is 5.56 Å². The van der Waals surface area contributed by atoms with Gasteiger partial charge in [-0.15, -0.1) is 11.3 Å². The Labute approximate surface area is 144 Å². The lowest BCUT2D eigenvalue weighted by Crippen LogP contribution is -2.29. The number of benzene rings is 1. The molecule has 0 spiro atoms. The average molecular weight is 343 g/mol. The van der Waals surface area contributed by atoms with E-state index in [1.54, 1.807) is 0 Å². The maximum absolute atomic E-state index is 12.4. The van der Waals surface area contributed by atoms with E-state index in [0.29, 0.717) is 24.3 Å². The zero-order chi connectivity index (χ0) is 16.9. The quantitative estimate of drug-likeness (QED) is 0.692. The van der Waals surface area contributed by atoms with Gasteiger partial charge in [0.05, 0.1) is 18.5 Å². The second-order valence-electron chi connectivity index (χ2n) is 5.71. The molecule has 2 N–H and O–H groups in total. The van der Waals surface area contributed by atoms with Crippen molar-refractivity contribution in [3.63, 3.8) is 0 Å². The minimum absolute atomic E-state index is 0.101. The number of H-pyrrole nitrogens is 1. The molecule has 3 aromatic rings. The third-order valence-corrected chi connectivity index (χ3v) is 4.92. The fourth-order valence-electron chi connectivity index (χ4n) is 2.73. The van der Waals surface area contributed by atoms with Gasteiger partial charge in [0.1, 0.15) is 10.7 Å². The second-order valence-corrected chi connectivity index (χ2v) is 6.74.